The van der Waals surface area contributed by atoms with E-state index in [-0.39, 0.29) is 12.8 Å². The molecule has 35 heavy (non-hydrogen) atoms. The van der Waals surface area contributed by atoms with Crippen molar-refractivity contribution in [2.75, 3.05) is 13.7 Å². The number of aliphatic hydroxyl groups is 6. The molecule has 0 bridgehead atoms. The normalized spacial score (nSPS) is 41.1. The molecule has 1 aliphatic carbocycles. The summed E-state index contributed by atoms with van der Waals surface area (Å²) in [5.74, 6) is -0.418. The van der Waals surface area contributed by atoms with Gasteiger partial charge in [0.15, 0.2) is 6.29 Å². The van der Waals surface area contributed by atoms with Gasteiger partial charge in [0.1, 0.15) is 30.0 Å². The maximum absolute atomic E-state index is 11.6. The van der Waals surface area contributed by atoms with Gasteiger partial charge in [-0.05, 0) is 37.0 Å². The molecule has 2 heterocycles. The SMILES string of the molecule is COC(=O)c1ccc(CCC[C@H]2OC3(CC3O)[C@@H](O)[C@H](O[C@H]3O[C@H](CO)C[C@H](O)[C@@H]3O)[C@@H]2O)cc1. The van der Waals surface area contributed by atoms with Crippen molar-refractivity contribution in [2.45, 2.75) is 92.8 Å². The third-order valence-corrected chi connectivity index (χ3v) is 7.14. The number of rotatable bonds is 8. The van der Waals surface area contributed by atoms with E-state index in [1.807, 2.05) is 12.1 Å². The van der Waals surface area contributed by atoms with Crippen LogP contribution < -0.4 is 0 Å². The van der Waals surface area contributed by atoms with E-state index >= 15 is 0 Å². The van der Waals surface area contributed by atoms with E-state index in [9.17, 15) is 35.4 Å². The molecule has 0 amide bonds. The fourth-order valence-electron chi connectivity index (χ4n) is 4.90. The Morgan fingerprint density at radius 2 is 1.80 bits per heavy atom. The Balaban J connectivity index is 1.40. The molecule has 3 aliphatic rings. The minimum absolute atomic E-state index is 0.0162. The first-order valence-corrected chi connectivity index (χ1v) is 11.9. The molecular formula is C24H34O11. The number of hydrogen-bond donors (Lipinski definition) is 6. The van der Waals surface area contributed by atoms with Gasteiger partial charge in [0.05, 0.1) is 43.7 Å². The van der Waals surface area contributed by atoms with Gasteiger partial charge in [-0.3, -0.25) is 0 Å². The zero-order valence-corrected chi connectivity index (χ0v) is 19.5. The molecule has 2 aliphatic heterocycles. The van der Waals surface area contributed by atoms with Crippen LogP contribution in [0.25, 0.3) is 0 Å². The average molecular weight is 499 g/mol. The lowest BCUT2D eigenvalue weighted by Gasteiger charge is -2.46. The second-order valence-electron chi connectivity index (χ2n) is 9.55. The van der Waals surface area contributed by atoms with E-state index in [0.29, 0.717) is 24.8 Å². The summed E-state index contributed by atoms with van der Waals surface area (Å²) in [5, 5.41) is 61.8. The number of benzene rings is 1. The maximum atomic E-state index is 11.6. The number of carbonyl (C=O) groups excluding carboxylic acids is 1. The predicted octanol–water partition coefficient (Wildman–Crippen LogP) is -1.37. The molecule has 4 rings (SSSR count). The number of methoxy groups -OCH3 is 1. The number of esters is 1. The number of aryl methyl sites for hydroxylation is 1. The van der Waals surface area contributed by atoms with Crippen LogP contribution in [0.3, 0.4) is 0 Å². The summed E-state index contributed by atoms with van der Waals surface area (Å²) in [5.41, 5.74) is 0.132. The first-order chi connectivity index (χ1) is 16.7. The standard InChI is InChI=1S/C24H34O11/c1-32-22(31)13-7-5-12(6-8-13)3-2-4-16-19(29)20(21(30)24(35-16)10-17(24)27)34-23-18(28)15(26)9-14(11-25)33-23/h5-8,14-21,23,25-30H,2-4,9-11H2,1H3/t14-,15-,16+,17?,18-,19+,20+,21-,23+,24?/m0/s1. The van der Waals surface area contributed by atoms with Gasteiger partial charge >= 0.3 is 5.97 Å². The molecule has 11 nitrogen and oxygen atoms in total. The van der Waals surface area contributed by atoms with Crippen molar-refractivity contribution >= 4 is 5.97 Å². The molecule has 1 saturated carbocycles. The fraction of sp³-hybridized carbons (Fsp3) is 0.708. The second kappa shape index (κ2) is 10.8. The van der Waals surface area contributed by atoms with Crippen molar-refractivity contribution in [3.8, 4) is 0 Å². The molecular weight excluding hydrogens is 464 g/mol. The molecule has 2 saturated heterocycles. The number of carbonyl (C=O) groups is 1. The van der Waals surface area contributed by atoms with E-state index in [1.165, 1.54) is 7.11 Å². The van der Waals surface area contributed by atoms with E-state index in [2.05, 4.69) is 0 Å². The molecule has 196 valence electrons. The summed E-state index contributed by atoms with van der Waals surface area (Å²) < 4.78 is 21.9. The monoisotopic (exact) mass is 498 g/mol. The van der Waals surface area contributed by atoms with Gasteiger partial charge in [0.25, 0.3) is 0 Å². The smallest absolute Gasteiger partial charge is 0.337 e. The summed E-state index contributed by atoms with van der Waals surface area (Å²) in [6.45, 7) is -0.394. The number of aliphatic hydroxyl groups excluding tert-OH is 6. The van der Waals surface area contributed by atoms with Crippen molar-refractivity contribution in [1.29, 1.82) is 0 Å². The van der Waals surface area contributed by atoms with Gasteiger partial charge in [-0.15, -0.1) is 0 Å². The first-order valence-electron chi connectivity index (χ1n) is 11.9. The van der Waals surface area contributed by atoms with Crippen molar-refractivity contribution in [1.82, 2.24) is 0 Å². The minimum Gasteiger partial charge on any atom is -0.465 e. The van der Waals surface area contributed by atoms with E-state index in [4.69, 9.17) is 18.9 Å². The fourth-order valence-corrected chi connectivity index (χ4v) is 4.90. The van der Waals surface area contributed by atoms with Crippen LogP contribution in [0.4, 0.5) is 0 Å². The molecule has 1 spiro atoms. The number of hydrogen-bond acceptors (Lipinski definition) is 11. The Hall–Kier alpha value is -1.67. The minimum atomic E-state index is -1.44. The molecule has 6 N–H and O–H groups in total. The summed E-state index contributed by atoms with van der Waals surface area (Å²) >= 11 is 0. The molecule has 1 aromatic carbocycles. The van der Waals surface area contributed by atoms with Gasteiger partial charge in [0, 0.05) is 12.8 Å². The second-order valence-corrected chi connectivity index (χ2v) is 9.55. The summed E-state index contributed by atoms with van der Waals surface area (Å²) in [4.78, 5) is 11.6. The highest BCUT2D eigenvalue weighted by Gasteiger charge is 2.68. The lowest BCUT2D eigenvalue weighted by Crippen LogP contribution is -2.63. The lowest BCUT2D eigenvalue weighted by molar-refractivity contribution is -0.330. The van der Waals surface area contributed by atoms with Crippen molar-refractivity contribution < 1.29 is 54.4 Å². The van der Waals surface area contributed by atoms with Crippen molar-refractivity contribution in [3.63, 3.8) is 0 Å². The Kier molecular flexibility index (Phi) is 8.11. The number of ether oxygens (including phenoxy) is 4. The van der Waals surface area contributed by atoms with Crippen LogP contribution in [0.5, 0.6) is 0 Å². The molecule has 11 heteroatoms. The van der Waals surface area contributed by atoms with Crippen LogP contribution in [0.15, 0.2) is 24.3 Å². The first kappa shape index (κ1) is 26.4. The van der Waals surface area contributed by atoms with Crippen LogP contribution >= 0.6 is 0 Å². The largest absolute Gasteiger partial charge is 0.465 e. The third kappa shape index (κ3) is 5.38. The molecule has 1 aromatic rings. The Labute approximate surface area is 202 Å². The maximum Gasteiger partial charge on any atom is 0.337 e. The van der Waals surface area contributed by atoms with Crippen molar-refractivity contribution in [2.24, 2.45) is 0 Å². The molecule has 3 fully saturated rings. The quantitative estimate of drug-likeness (QED) is 0.233. The Bertz CT molecular complexity index is 864. The van der Waals surface area contributed by atoms with E-state index in [1.54, 1.807) is 12.1 Å². The zero-order valence-electron chi connectivity index (χ0n) is 19.5. The van der Waals surface area contributed by atoms with Crippen molar-refractivity contribution in [3.05, 3.63) is 35.4 Å². The summed E-state index contributed by atoms with van der Waals surface area (Å²) in [7, 11) is 1.32. The molecule has 2 unspecified atom stereocenters. The summed E-state index contributed by atoms with van der Waals surface area (Å²) in [6, 6.07) is 6.98. The van der Waals surface area contributed by atoms with E-state index in [0.717, 1.165) is 5.56 Å². The van der Waals surface area contributed by atoms with Crippen LogP contribution in [-0.4, -0.2) is 111 Å². The highest BCUT2D eigenvalue weighted by molar-refractivity contribution is 5.89. The lowest BCUT2D eigenvalue weighted by atomic mass is 9.90. The van der Waals surface area contributed by atoms with Crippen LogP contribution in [0.1, 0.15) is 41.6 Å². The highest BCUT2D eigenvalue weighted by atomic mass is 16.7. The Morgan fingerprint density at radius 1 is 1.11 bits per heavy atom. The van der Waals surface area contributed by atoms with Gasteiger partial charge in [0.2, 0.25) is 0 Å². The van der Waals surface area contributed by atoms with Gasteiger partial charge in [-0.2, -0.15) is 0 Å². The Morgan fingerprint density at radius 3 is 2.40 bits per heavy atom. The molecule has 0 aromatic heterocycles. The molecule has 0 radical (unpaired) electrons. The van der Waals surface area contributed by atoms with Gasteiger partial charge < -0.3 is 49.6 Å². The topological polar surface area (TPSA) is 175 Å². The van der Waals surface area contributed by atoms with Crippen LogP contribution in [0.2, 0.25) is 0 Å². The average Bonchev–Trinajstić information content (AvgIpc) is 3.51. The zero-order chi connectivity index (χ0) is 25.3. The highest BCUT2D eigenvalue weighted by Crippen LogP contribution is 2.50. The predicted molar refractivity (Wildman–Crippen MR) is 118 cm³/mol. The van der Waals surface area contributed by atoms with E-state index < -0.39 is 73.3 Å². The third-order valence-electron chi connectivity index (χ3n) is 7.14. The molecule has 10 atom stereocenters. The summed E-state index contributed by atoms with van der Waals surface area (Å²) in [6.07, 6.45) is -8.64. The van der Waals surface area contributed by atoms with Gasteiger partial charge in [-0.25, -0.2) is 4.79 Å². The van der Waals surface area contributed by atoms with Gasteiger partial charge in [-0.1, -0.05) is 12.1 Å². The van der Waals surface area contributed by atoms with Crippen LogP contribution in [-0.2, 0) is 25.4 Å². The van der Waals surface area contributed by atoms with Crippen LogP contribution in [0, 0.1) is 0 Å².